The predicted octanol–water partition coefficient (Wildman–Crippen LogP) is 4.20. The summed E-state index contributed by atoms with van der Waals surface area (Å²) in [5.74, 6) is -2.72. The molecule has 0 bridgehead atoms. The Bertz CT molecular complexity index is 1720. The lowest BCUT2D eigenvalue weighted by molar-refractivity contribution is -0.122. The Labute approximate surface area is 241 Å². The van der Waals surface area contributed by atoms with Crippen molar-refractivity contribution < 1.29 is 28.6 Å². The summed E-state index contributed by atoms with van der Waals surface area (Å²) in [4.78, 5) is 55.0. The van der Waals surface area contributed by atoms with E-state index in [9.17, 15) is 28.7 Å². The number of benzene rings is 3. The maximum atomic E-state index is 13.9. The standard InChI is InChI=1S/C29H22FN3O6S2/c1-39-20-12-8-18(9-13-20)33-26(36)23-22(15-2-4-16(30)5-3-15)25-28(40-24(23)27(33)37)32(29(38)41-25)14-21(35)31-17-6-10-19(34)11-7-17/h2-13,22-24,34H,14H2,1H3,(H,31,35). The van der Waals surface area contributed by atoms with E-state index in [0.717, 1.165) is 28.0 Å². The lowest BCUT2D eigenvalue weighted by Crippen LogP contribution is -2.33. The van der Waals surface area contributed by atoms with E-state index in [1.54, 1.807) is 36.4 Å². The molecule has 3 atom stereocenters. The summed E-state index contributed by atoms with van der Waals surface area (Å²) in [6, 6.07) is 18.1. The molecule has 0 saturated carbocycles. The van der Waals surface area contributed by atoms with Crippen LogP contribution in [0.1, 0.15) is 16.4 Å². The van der Waals surface area contributed by atoms with Crippen LogP contribution in [0.2, 0.25) is 0 Å². The van der Waals surface area contributed by atoms with Gasteiger partial charge in [0.25, 0.3) is 0 Å². The third kappa shape index (κ3) is 4.78. The maximum absolute atomic E-state index is 13.9. The van der Waals surface area contributed by atoms with Crippen LogP contribution in [0.5, 0.6) is 11.5 Å². The third-order valence-corrected chi connectivity index (χ3v) is 9.67. The van der Waals surface area contributed by atoms with Crippen molar-refractivity contribution in [2.24, 2.45) is 5.92 Å². The van der Waals surface area contributed by atoms with Gasteiger partial charge in [0.05, 0.1) is 23.7 Å². The number of aromatic hydroxyl groups is 1. The molecular weight excluding hydrogens is 569 g/mol. The molecule has 0 aliphatic carbocycles. The number of hydrogen-bond donors (Lipinski definition) is 2. The number of carbonyl (C=O) groups is 3. The number of hydrogen-bond acceptors (Lipinski definition) is 8. The molecule has 2 aliphatic heterocycles. The fraction of sp³-hybridized carbons (Fsp3) is 0.172. The van der Waals surface area contributed by atoms with Gasteiger partial charge in [0.1, 0.15) is 29.1 Å². The Hall–Kier alpha value is -4.42. The zero-order chi connectivity index (χ0) is 28.8. The van der Waals surface area contributed by atoms with Crippen molar-refractivity contribution in [2.75, 3.05) is 17.3 Å². The van der Waals surface area contributed by atoms with Gasteiger partial charge in [-0.3, -0.25) is 23.7 Å². The molecule has 208 valence electrons. The highest BCUT2D eigenvalue weighted by Gasteiger charge is 2.56. The van der Waals surface area contributed by atoms with Crippen LogP contribution in [0.15, 0.2) is 82.6 Å². The summed E-state index contributed by atoms with van der Waals surface area (Å²) >= 11 is 2.00. The van der Waals surface area contributed by atoms with Gasteiger partial charge in [-0.1, -0.05) is 35.2 Å². The van der Waals surface area contributed by atoms with Crippen molar-refractivity contribution in [2.45, 2.75) is 22.7 Å². The van der Waals surface area contributed by atoms with Crippen molar-refractivity contribution in [3.05, 3.63) is 98.7 Å². The molecule has 1 saturated heterocycles. The number of fused-ring (bicyclic) bond motifs is 2. The quantitative estimate of drug-likeness (QED) is 0.255. The van der Waals surface area contributed by atoms with Gasteiger partial charge < -0.3 is 15.2 Å². The molecule has 6 rings (SSSR count). The minimum Gasteiger partial charge on any atom is -0.508 e. The van der Waals surface area contributed by atoms with Gasteiger partial charge in [-0.2, -0.15) is 0 Å². The number of carbonyl (C=O) groups excluding carboxylic acids is 3. The van der Waals surface area contributed by atoms with E-state index in [4.69, 9.17) is 4.74 Å². The third-order valence-electron chi connectivity index (χ3n) is 7.06. The van der Waals surface area contributed by atoms with E-state index >= 15 is 0 Å². The molecule has 3 amide bonds. The minimum absolute atomic E-state index is 0.0448. The van der Waals surface area contributed by atoms with Gasteiger partial charge in [-0.25, -0.2) is 9.29 Å². The van der Waals surface area contributed by atoms with Crippen molar-refractivity contribution in [1.82, 2.24) is 4.57 Å². The number of ether oxygens (including phenoxy) is 1. The highest BCUT2D eigenvalue weighted by molar-refractivity contribution is 8.00. The topological polar surface area (TPSA) is 118 Å². The Morgan fingerprint density at radius 3 is 2.32 bits per heavy atom. The molecule has 12 heteroatoms. The fourth-order valence-electron chi connectivity index (χ4n) is 5.16. The normalized spacial score (nSPS) is 19.6. The molecule has 0 spiro atoms. The molecule has 1 fully saturated rings. The zero-order valence-corrected chi connectivity index (χ0v) is 23.1. The second kappa shape index (κ2) is 10.5. The van der Waals surface area contributed by atoms with Crippen LogP contribution in [-0.2, 0) is 20.9 Å². The number of aromatic nitrogens is 1. The van der Waals surface area contributed by atoms with Crippen LogP contribution >= 0.6 is 23.1 Å². The number of anilines is 2. The summed E-state index contributed by atoms with van der Waals surface area (Å²) < 4.78 is 20.4. The van der Waals surface area contributed by atoms with E-state index in [0.29, 0.717) is 32.6 Å². The summed E-state index contributed by atoms with van der Waals surface area (Å²) in [5, 5.41) is 11.7. The molecule has 0 radical (unpaired) electrons. The maximum Gasteiger partial charge on any atom is 0.308 e. The van der Waals surface area contributed by atoms with Gasteiger partial charge in [0, 0.05) is 16.5 Å². The van der Waals surface area contributed by atoms with Crippen molar-refractivity contribution in [1.29, 1.82) is 0 Å². The lowest BCUT2D eigenvalue weighted by atomic mass is 9.83. The second-order valence-electron chi connectivity index (χ2n) is 9.52. The van der Waals surface area contributed by atoms with Crippen molar-refractivity contribution >= 4 is 52.2 Å². The van der Waals surface area contributed by atoms with Gasteiger partial charge >= 0.3 is 4.87 Å². The number of nitrogens with zero attached hydrogens (tertiary/aromatic N) is 2. The molecule has 41 heavy (non-hydrogen) atoms. The summed E-state index contributed by atoms with van der Waals surface area (Å²) in [6.07, 6.45) is 0. The lowest BCUT2D eigenvalue weighted by Gasteiger charge is -2.30. The van der Waals surface area contributed by atoms with Crippen LogP contribution < -0.4 is 19.8 Å². The first-order valence-electron chi connectivity index (χ1n) is 12.5. The number of phenols is 1. The Kier molecular flexibility index (Phi) is 6.88. The monoisotopic (exact) mass is 591 g/mol. The molecule has 9 nitrogen and oxygen atoms in total. The van der Waals surface area contributed by atoms with E-state index in [-0.39, 0.29) is 12.3 Å². The average Bonchev–Trinajstić information content (AvgIpc) is 3.41. The molecule has 3 heterocycles. The first-order chi connectivity index (χ1) is 19.7. The first kappa shape index (κ1) is 26.8. The van der Waals surface area contributed by atoms with Gasteiger partial charge in [0.15, 0.2) is 0 Å². The fourth-order valence-corrected chi connectivity index (χ4v) is 7.93. The smallest absolute Gasteiger partial charge is 0.308 e. The highest BCUT2D eigenvalue weighted by Crippen LogP contribution is 2.53. The summed E-state index contributed by atoms with van der Waals surface area (Å²) in [7, 11) is 1.52. The van der Waals surface area contributed by atoms with E-state index in [2.05, 4.69) is 5.32 Å². The largest absolute Gasteiger partial charge is 0.508 e. The predicted molar refractivity (Wildman–Crippen MR) is 152 cm³/mol. The second-order valence-corrected chi connectivity index (χ2v) is 11.6. The molecule has 1 aromatic heterocycles. The average molecular weight is 592 g/mol. The Balaban J connectivity index is 1.39. The summed E-state index contributed by atoms with van der Waals surface area (Å²) in [5.41, 5.74) is 1.42. The first-order valence-corrected chi connectivity index (χ1v) is 14.2. The molecule has 2 aliphatic rings. The number of thioether (sulfide) groups is 1. The number of phenolic OH excluding ortho intramolecular Hbond substituents is 1. The van der Waals surface area contributed by atoms with Gasteiger partial charge in [0.2, 0.25) is 17.7 Å². The SMILES string of the molecule is COc1ccc(N2C(=O)C3Sc4c(sc(=O)n4CC(=O)Nc4ccc(O)cc4)C(c4ccc(F)cc4)C3C2=O)cc1. The number of rotatable bonds is 6. The molecule has 3 aromatic carbocycles. The molecular formula is C29H22FN3O6S2. The number of amides is 3. The van der Waals surface area contributed by atoms with Gasteiger partial charge in [-0.05, 0) is 66.2 Å². The number of nitrogens with one attached hydrogen (secondary N) is 1. The summed E-state index contributed by atoms with van der Waals surface area (Å²) in [6.45, 7) is -0.323. The van der Waals surface area contributed by atoms with E-state index in [1.165, 1.54) is 48.1 Å². The Morgan fingerprint density at radius 2 is 1.66 bits per heavy atom. The van der Waals surface area contributed by atoms with Crippen LogP contribution in [-0.4, -0.2) is 39.8 Å². The Morgan fingerprint density at radius 1 is 0.976 bits per heavy atom. The molecule has 4 aromatic rings. The number of methoxy groups -OCH3 is 1. The van der Waals surface area contributed by atoms with Crippen LogP contribution in [0.3, 0.4) is 0 Å². The highest BCUT2D eigenvalue weighted by atomic mass is 32.2. The van der Waals surface area contributed by atoms with E-state index < -0.39 is 45.5 Å². The van der Waals surface area contributed by atoms with E-state index in [1.807, 2.05) is 0 Å². The zero-order valence-electron chi connectivity index (χ0n) is 21.4. The molecule has 2 N–H and O–H groups in total. The number of thiazole rings is 1. The van der Waals surface area contributed by atoms with Crippen molar-refractivity contribution in [3.8, 4) is 11.5 Å². The van der Waals surface area contributed by atoms with Crippen LogP contribution in [0.25, 0.3) is 0 Å². The number of halogens is 1. The van der Waals surface area contributed by atoms with Crippen molar-refractivity contribution in [3.63, 3.8) is 0 Å². The van der Waals surface area contributed by atoms with Crippen LogP contribution in [0, 0.1) is 11.7 Å². The van der Waals surface area contributed by atoms with Gasteiger partial charge in [-0.15, -0.1) is 0 Å². The molecule has 3 unspecified atom stereocenters. The number of imide groups is 1. The minimum atomic E-state index is -0.868. The van der Waals surface area contributed by atoms with Crippen LogP contribution in [0.4, 0.5) is 15.8 Å².